The fourth-order valence-corrected chi connectivity index (χ4v) is 2.69. The van der Waals surface area contributed by atoms with E-state index in [0.29, 0.717) is 18.5 Å². The lowest BCUT2D eigenvalue weighted by Crippen LogP contribution is -2.46. The van der Waals surface area contributed by atoms with Gasteiger partial charge in [0.2, 0.25) is 5.91 Å². The topological polar surface area (TPSA) is 41.1 Å². The molecule has 0 saturated heterocycles. The first-order valence-electron chi connectivity index (χ1n) is 7.14. The van der Waals surface area contributed by atoms with Crippen LogP contribution < -0.4 is 10.6 Å². The van der Waals surface area contributed by atoms with Crippen LogP contribution in [0.15, 0.2) is 24.3 Å². The second kappa shape index (κ2) is 6.20. The van der Waals surface area contributed by atoms with Crippen molar-refractivity contribution in [2.75, 3.05) is 6.54 Å². The highest BCUT2D eigenvalue weighted by Crippen LogP contribution is 2.38. The predicted molar refractivity (Wildman–Crippen MR) is 78.2 cm³/mol. The van der Waals surface area contributed by atoms with Gasteiger partial charge in [0.1, 0.15) is 0 Å². The van der Waals surface area contributed by atoms with Gasteiger partial charge in [-0.1, -0.05) is 24.3 Å². The zero-order chi connectivity index (χ0) is 13.8. The summed E-state index contributed by atoms with van der Waals surface area (Å²) in [5.74, 6) is 0.751. The molecule has 1 aliphatic carbocycles. The smallest absolute Gasteiger partial charge is 0.234 e. The molecule has 2 N–H and O–H groups in total. The Morgan fingerprint density at radius 3 is 2.63 bits per heavy atom. The molecule has 0 atom stereocenters. The van der Waals surface area contributed by atoms with Crippen LogP contribution in [0.2, 0.25) is 0 Å². The van der Waals surface area contributed by atoms with Crippen LogP contribution in [0.25, 0.3) is 0 Å². The quantitative estimate of drug-likeness (QED) is 0.853. The lowest BCUT2D eigenvalue weighted by molar-refractivity contribution is -0.121. The standard InChI is InChI=1S/C16H24N2O/c1-11(2)18-16(19)10-17-14-8-13(9-14)15-7-5-4-6-12(15)3/h4-7,11,13-14,17H,8-10H2,1-3H3,(H,18,19). The minimum atomic E-state index is 0.0920. The van der Waals surface area contributed by atoms with Crippen LogP contribution in [0.4, 0.5) is 0 Å². The van der Waals surface area contributed by atoms with Gasteiger partial charge in [0.05, 0.1) is 6.54 Å². The van der Waals surface area contributed by atoms with Crippen molar-refractivity contribution in [3.8, 4) is 0 Å². The second-order valence-corrected chi connectivity index (χ2v) is 5.82. The number of carbonyl (C=O) groups excluding carboxylic acids is 1. The zero-order valence-corrected chi connectivity index (χ0v) is 12.1. The highest BCUT2D eigenvalue weighted by atomic mass is 16.1. The average Bonchev–Trinajstić information content (AvgIpc) is 2.28. The lowest BCUT2D eigenvalue weighted by Gasteiger charge is -2.37. The van der Waals surface area contributed by atoms with Gasteiger partial charge >= 0.3 is 0 Å². The molecule has 1 amide bonds. The van der Waals surface area contributed by atoms with E-state index in [9.17, 15) is 4.79 Å². The zero-order valence-electron chi connectivity index (χ0n) is 12.1. The van der Waals surface area contributed by atoms with Crippen molar-refractivity contribution in [1.29, 1.82) is 0 Å². The summed E-state index contributed by atoms with van der Waals surface area (Å²) in [5.41, 5.74) is 2.84. The molecule has 0 aliphatic heterocycles. The van der Waals surface area contributed by atoms with Crippen molar-refractivity contribution in [1.82, 2.24) is 10.6 Å². The van der Waals surface area contributed by atoms with Gasteiger partial charge in [-0.3, -0.25) is 4.79 Å². The molecule has 3 nitrogen and oxygen atoms in total. The lowest BCUT2D eigenvalue weighted by atomic mass is 9.74. The summed E-state index contributed by atoms with van der Waals surface area (Å²) in [4.78, 5) is 11.5. The summed E-state index contributed by atoms with van der Waals surface area (Å²) in [6.45, 7) is 6.57. The van der Waals surface area contributed by atoms with E-state index in [1.165, 1.54) is 11.1 Å². The minimum Gasteiger partial charge on any atom is -0.353 e. The van der Waals surface area contributed by atoms with Crippen molar-refractivity contribution in [2.24, 2.45) is 0 Å². The molecule has 2 rings (SSSR count). The SMILES string of the molecule is Cc1ccccc1C1CC(NCC(=O)NC(C)C)C1. The Morgan fingerprint density at radius 2 is 2.00 bits per heavy atom. The van der Waals surface area contributed by atoms with E-state index in [2.05, 4.69) is 41.8 Å². The van der Waals surface area contributed by atoms with Gasteiger partial charge in [-0.15, -0.1) is 0 Å². The molecule has 0 aromatic heterocycles. The van der Waals surface area contributed by atoms with Crippen LogP contribution in [-0.2, 0) is 4.79 Å². The van der Waals surface area contributed by atoms with Crippen molar-refractivity contribution in [3.05, 3.63) is 35.4 Å². The van der Waals surface area contributed by atoms with E-state index in [-0.39, 0.29) is 11.9 Å². The Kier molecular flexibility index (Phi) is 4.59. The molecular weight excluding hydrogens is 236 g/mol. The highest BCUT2D eigenvalue weighted by Gasteiger charge is 2.30. The summed E-state index contributed by atoms with van der Waals surface area (Å²) in [7, 11) is 0. The van der Waals surface area contributed by atoms with E-state index < -0.39 is 0 Å². The third-order valence-corrected chi connectivity index (χ3v) is 3.77. The van der Waals surface area contributed by atoms with Crippen molar-refractivity contribution in [3.63, 3.8) is 0 Å². The Hall–Kier alpha value is -1.35. The Bertz CT molecular complexity index is 436. The molecule has 0 heterocycles. The summed E-state index contributed by atoms with van der Waals surface area (Å²) < 4.78 is 0. The first kappa shape index (κ1) is 14.1. The van der Waals surface area contributed by atoms with Crippen LogP contribution in [0.3, 0.4) is 0 Å². The van der Waals surface area contributed by atoms with Crippen LogP contribution in [0.5, 0.6) is 0 Å². The number of amides is 1. The number of benzene rings is 1. The average molecular weight is 260 g/mol. The van der Waals surface area contributed by atoms with Gasteiger partial charge in [0.25, 0.3) is 0 Å². The third-order valence-electron chi connectivity index (χ3n) is 3.77. The molecule has 19 heavy (non-hydrogen) atoms. The maximum Gasteiger partial charge on any atom is 0.234 e. The molecule has 0 bridgehead atoms. The van der Waals surface area contributed by atoms with Crippen LogP contribution >= 0.6 is 0 Å². The Balaban J connectivity index is 1.72. The van der Waals surface area contributed by atoms with Crippen molar-refractivity contribution < 1.29 is 4.79 Å². The normalized spacial score (nSPS) is 22.1. The van der Waals surface area contributed by atoms with Crippen LogP contribution in [0.1, 0.15) is 43.7 Å². The maximum atomic E-state index is 11.5. The van der Waals surface area contributed by atoms with E-state index in [1.54, 1.807) is 0 Å². The predicted octanol–water partition coefficient (Wildman–Crippen LogP) is 2.36. The molecule has 0 radical (unpaired) electrons. The number of carbonyl (C=O) groups is 1. The summed E-state index contributed by atoms with van der Waals surface area (Å²) in [6, 6.07) is 9.30. The molecule has 0 spiro atoms. The Labute approximate surface area is 115 Å². The van der Waals surface area contributed by atoms with Gasteiger partial charge in [-0.05, 0) is 50.7 Å². The molecular formula is C16H24N2O. The van der Waals surface area contributed by atoms with Gasteiger partial charge in [-0.2, -0.15) is 0 Å². The van der Waals surface area contributed by atoms with Crippen LogP contribution in [0, 0.1) is 6.92 Å². The third kappa shape index (κ3) is 3.80. The van der Waals surface area contributed by atoms with Gasteiger partial charge in [0, 0.05) is 12.1 Å². The summed E-state index contributed by atoms with van der Waals surface area (Å²) in [6.07, 6.45) is 2.28. The molecule has 3 heteroatoms. The molecule has 1 saturated carbocycles. The number of aryl methyl sites for hydroxylation is 1. The minimum absolute atomic E-state index is 0.0920. The van der Waals surface area contributed by atoms with Gasteiger partial charge in [-0.25, -0.2) is 0 Å². The molecule has 104 valence electrons. The molecule has 0 unspecified atom stereocenters. The highest BCUT2D eigenvalue weighted by molar-refractivity contribution is 5.78. The summed E-state index contributed by atoms with van der Waals surface area (Å²) >= 11 is 0. The van der Waals surface area contributed by atoms with E-state index >= 15 is 0 Å². The number of rotatable bonds is 5. The second-order valence-electron chi connectivity index (χ2n) is 5.82. The van der Waals surface area contributed by atoms with Crippen LogP contribution in [-0.4, -0.2) is 24.5 Å². The largest absolute Gasteiger partial charge is 0.353 e. The van der Waals surface area contributed by atoms with Crippen molar-refractivity contribution >= 4 is 5.91 Å². The van der Waals surface area contributed by atoms with E-state index in [0.717, 1.165) is 12.8 Å². The van der Waals surface area contributed by atoms with Gasteiger partial charge in [0.15, 0.2) is 0 Å². The first-order valence-corrected chi connectivity index (χ1v) is 7.14. The Morgan fingerprint density at radius 1 is 1.32 bits per heavy atom. The number of hydrogen-bond donors (Lipinski definition) is 2. The van der Waals surface area contributed by atoms with E-state index in [1.807, 2.05) is 13.8 Å². The van der Waals surface area contributed by atoms with Crippen molar-refractivity contribution in [2.45, 2.75) is 51.6 Å². The summed E-state index contributed by atoms with van der Waals surface area (Å²) in [5, 5.41) is 6.23. The molecule has 1 aliphatic rings. The maximum absolute atomic E-state index is 11.5. The molecule has 1 aromatic carbocycles. The fraction of sp³-hybridized carbons (Fsp3) is 0.562. The van der Waals surface area contributed by atoms with Gasteiger partial charge < -0.3 is 10.6 Å². The first-order chi connectivity index (χ1) is 9.06. The monoisotopic (exact) mass is 260 g/mol. The number of hydrogen-bond acceptors (Lipinski definition) is 2. The fourth-order valence-electron chi connectivity index (χ4n) is 2.69. The number of nitrogens with one attached hydrogen (secondary N) is 2. The molecule has 1 aromatic rings. The van der Waals surface area contributed by atoms with E-state index in [4.69, 9.17) is 0 Å². The molecule has 1 fully saturated rings.